The molecule has 1 aromatic heterocycles. The number of aromatic nitrogens is 2. The van der Waals surface area contributed by atoms with Gasteiger partial charge in [-0.2, -0.15) is 4.98 Å². The predicted molar refractivity (Wildman–Crippen MR) is 148 cm³/mol. The van der Waals surface area contributed by atoms with Crippen LogP contribution < -0.4 is 9.47 Å². The number of ketones is 1. The Bertz CT molecular complexity index is 1570. The van der Waals surface area contributed by atoms with E-state index in [4.69, 9.17) is 9.47 Å². The van der Waals surface area contributed by atoms with Crippen LogP contribution in [0.25, 0.3) is 29.1 Å². The van der Waals surface area contributed by atoms with Crippen LogP contribution in [-0.2, 0) is 0 Å². The zero-order chi connectivity index (χ0) is 25.5. The summed E-state index contributed by atoms with van der Waals surface area (Å²) >= 11 is 0. The molecule has 4 aromatic carbocycles. The van der Waals surface area contributed by atoms with E-state index in [0.717, 1.165) is 27.8 Å². The number of methoxy groups -OCH3 is 1. The fourth-order valence-electron chi connectivity index (χ4n) is 3.73. The molecule has 0 aliphatic heterocycles. The van der Waals surface area contributed by atoms with Gasteiger partial charge in [0, 0.05) is 5.56 Å². The maximum atomic E-state index is 12.6. The predicted octanol–water partition coefficient (Wildman–Crippen LogP) is 7.50. The van der Waals surface area contributed by atoms with Gasteiger partial charge in [0.15, 0.2) is 11.6 Å². The Hall–Kier alpha value is -5.03. The largest absolute Gasteiger partial charge is 0.497 e. The van der Waals surface area contributed by atoms with Crippen molar-refractivity contribution in [1.82, 2.24) is 9.97 Å². The normalized spacial score (nSPS) is 11.3. The molecular formula is C32H24N2O3. The molecule has 0 saturated heterocycles. The van der Waals surface area contributed by atoms with Gasteiger partial charge in [0.2, 0.25) is 5.88 Å². The summed E-state index contributed by atoms with van der Waals surface area (Å²) in [5, 5.41) is 0.801. The number of nitrogens with zero attached hydrogens (tertiary/aromatic N) is 2. The summed E-state index contributed by atoms with van der Waals surface area (Å²) in [7, 11) is 1.64. The second-order valence-electron chi connectivity index (χ2n) is 8.25. The van der Waals surface area contributed by atoms with E-state index in [2.05, 4.69) is 9.97 Å². The quantitative estimate of drug-likeness (QED) is 0.169. The minimum atomic E-state index is -0.0751. The van der Waals surface area contributed by atoms with Gasteiger partial charge in [-0.25, -0.2) is 4.98 Å². The van der Waals surface area contributed by atoms with Crippen molar-refractivity contribution in [2.24, 2.45) is 0 Å². The standard InChI is InChI=1S/C32H24N2O3/c1-36-26-17-11-24(12-18-26)14-22-31-33-29-10-6-5-9-28(29)32(34-31)37-27-19-15-25(16-20-27)30(35)21-13-23-7-3-2-4-8-23/h2-22H,1H3/b21-13+,22-14+. The first kappa shape index (κ1) is 23.7. The van der Waals surface area contributed by atoms with Gasteiger partial charge in [0.1, 0.15) is 11.5 Å². The van der Waals surface area contributed by atoms with Crippen molar-refractivity contribution in [3.63, 3.8) is 0 Å². The molecule has 0 N–H and O–H groups in total. The van der Waals surface area contributed by atoms with E-state index in [1.54, 1.807) is 43.5 Å². The highest BCUT2D eigenvalue weighted by molar-refractivity contribution is 6.06. The molecule has 0 aliphatic rings. The first-order chi connectivity index (χ1) is 18.2. The number of allylic oxidation sites excluding steroid dienone is 1. The molecule has 0 amide bonds. The molecule has 37 heavy (non-hydrogen) atoms. The van der Waals surface area contributed by atoms with Crippen LogP contribution in [-0.4, -0.2) is 22.9 Å². The minimum absolute atomic E-state index is 0.0751. The minimum Gasteiger partial charge on any atom is -0.497 e. The van der Waals surface area contributed by atoms with Crippen LogP contribution in [0.5, 0.6) is 17.4 Å². The topological polar surface area (TPSA) is 61.3 Å². The van der Waals surface area contributed by atoms with Crippen molar-refractivity contribution < 1.29 is 14.3 Å². The molecule has 1 heterocycles. The van der Waals surface area contributed by atoms with Crippen molar-refractivity contribution in [2.45, 2.75) is 0 Å². The molecule has 0 radical (unpaired) electrons. The lowest BCUT2D eigenvalue weighted by molar-refractivity contribution is 0.104. The van der Waals surface area contributed by atoms with Crippen LogP contribution in [0.15, 0.2) is 109 Å². The Morgan fingerprint density at radius 1 is 0.676 bits per heavy atom. The fraction of sp³-hybridized carbons (Fsp3) is 0.0312. The van der Waals surface area contributed by atoms with E-state index in [0.29, 0.717) is 23.0 Å². The Kier molecular flexibility index (Phi) is 7.14. The fourth-order valence-corrected chi connectivity index (χ4v) is 3.73. The number of benzene rings is 4. The average Bonchev–Trinajstić information content (AvgIpc) is 2.96. The second-order valence-corrected chi connectivity index (χ2v) is 8.25. The first-order valence-corrected chi connectivity index (χ1v) is 11.8. The number of carbonyl (C=O) groups is 1. The molecule has 180 valence electrons. The number of carbonyl (C=O) groups excluding carboxylic acids is 1. The Balaban J connectivity index is 1.36. The zero-order valence-electron chi connectivity index (χ0n) is 20.2. The van der Waals surface area contributed by atoms with Crippen molar-refractivity contribution in [3.8, 4) is 17.4 Å². The van der Waals surface area contributed by atoms with E-state index in [1.807, 2.05) is 91.0 Å². The lowest BCUT2D eigenvalue weighted by Gasteiger charge is -2.09. The summed E-state index contributed by atoms with van der Waals surface area (Å²) in [6.45, 7) is 0. The highest BCUT2D eigenvalue weighted by Crippen LogP contribution is 2.28. The van der Waals surface area contributed by atoms with Crippen LogP contribution >= 0.6 is 0 Å². The molecule has 0 fully saturated rings. The molecule has 0 saturated carbocycles. The van der Waals surface area contributed by atoms with E-state index in [9.17, 15) is 4.79 Å². The summed E-state index contributed by atoms with van der Waals surface area (Å²) < 4.78 is 11.4. The molecule has 5 nitrogen and oxygen atoms in total. The van der Waals surface area contributed by atoms with E-state index in [1.165, 1.54) is 0 Å². The van der Waals surface area contributed by atoms with Gasteiger partial charge in [0.05, 0.1) is 18.0 Å². The van der Waals surface area contributed by atoms with Crippen molar-refractivity contribution in [2.75, 3.05) is 7.11 Å². The third-order valence-electron chi connectivity index (χ3n) is 5.71. The lowest BCUT2D eigenvalue weighted by atomic mass is 10.1. The number of ether oxygens (including phenoxy) is 2. The maximum Gasteiger partial charge on any atom is 0.230 e. The Labute approximate surface area is 215 Å². The zero-order valence-corrected chi connectivity index (χ0v) is 20.2. The van der Waals surface area contributed by atoms with Crippen molar-refractivity contribution in [3.05, 3.63) is 132 Å². The Morgan fingerprint density at radius 3 is 2.11 bits per heavy atom. The highest BCUT2D eigenvalue weighted by Gasteiger charge is 2.10. The third-order valence-corrected chi connectivity index (χ3v) is 5.71. The molecule has 0 aliphatic carbocycles. The molecule has 5 rings (SSSR count). The van der Waals surface area contributed by atoms with Crippen LogP contribution in [0, 0.1) is 0 Å². The smallest absolute Gasteiger partial charge is 0.230 e. The third kappa shape index (κ3) is 5.97. The molecule has 0 bridgehead atoms. The Morgan fingerprint density at radius 2 is 1.35 bits per heavy atom. The molecule has 0 atom stereocenters. The summed E-state index contributed by atoms with van der Waals surface area (Å²) in [6, 6.07) is 32.2. The van der Waals surface area contributed by atoms with Gasteiger partial charge >= 0.3 is 0 Å². The SMILES string of the molecule is COc1ccc(/C=C/c2nc(Oc3ccc(C(=O)/C=C/c4ccccc4)cc3)c3ccccc3n2)cc1. The number of hydrogen-bond acceptors (Lipinski definition) is 5. The first-order valence-electron chi connectivity index (χ1n) is 11.8. The van der Waals surface area contributed by atoms with Crippen LogP contribution in [0.1, 0.15) is 27.3 Å². The summed E-state index contributed by atoms with van der Waals surface area (Å²) in [4.78, 5) is 21.9. The van der Waals surface area contributed by atoms with Gasteiger partial charge in [-0.05, 0) is 71.8 Å². The van der Waals surface area contributed by atoms with E-state index < -0.39 is 0 Å². The lowest BCUT2D eigenvalue weighted by Crippen LogP contribution is -1.97. The van der Waals surface area contributed by atoms with Gasteiger partial charge < -0.3 is 9.47 Å². The van der Waals surface area contributed by atoms with E-state index in [-0.39, 0.29) is 5.78 Å². The summed E-state index contributed by atoms with van der Waals surface area (Å²) in [6.07, 6.45) is 7.17. The number of hydrogen-bond donors (Lipinski definition) is 0. The molecule has 5 heteroatoms. The summed E-state index contributed by atoms with van der Waals surface area (Å²) in [5.41, 5.74) is 3.33. The van der Waals surface area contributed by atoms with Gasteiger partial charge in [-0.15, -0.1) is 0 Å². The number of fused-ring (bicyclic) bond motifs is 1. The van der Waals surface area contributed by atoms with Crippen molar-refractivity contribution >= 4 is 34.9 Å². The van der Waals surface area contributed by atoms with Crippen LogP contribution in [0.2, 0.25) is 0 Å². The molecule has 0 spiro atoms. The van der Waals surface area contributed by atoms with Crippen LogP contribution in [0.3, 0.4) is 0 Å². The molecule has 5 aromatic rings. The number of rotatable bonds is 8. The van der Waals surface area contributed by atoms with Crippen molar-refractivity contribution in [1.29, 1.82) is 0 Å². The average molecular weight is 485 g/mol. The number of para-hydroxylation sites is 1. The summed E-state index contributed by atoms with van der Waals surface area (Å²) in [5.74, 6) is 2.28. The van der Waals surface area contributed by atoms with Gasteiger partial charge in [-0.1, -0.05) is 66.7 Å². The van der Waals surface area contributed by atoms with E-state index >= 15 is 0 Å². The molecule has 0 unspecified atom stereocenters. The monoisotopic (exact) mass is 484 g/mol. The highest BCUT2D eigenvalue weighted by atomic mass is 16.5. The maximum absolute atomic E-state index is 12.6. The van der Waals surface area contributed by atoms with Crippen LogP contribution in [0.4, 0.5) is 0 Å². The van der Waals surface area contributed by atoms with Gasteiger partial charge in [-0.3, -0.25) is 4.79 Å². The second kappa shape index (κ2) is 11.1. The van der Waals surface area contributed by atoms with Gasteiger partial charge in [0.25, 0.3) is 0 Å². The molecular weight excluding hydrogens is 460 g/mol.